The summed E-state index contributed by atoms with van der Waals surface area (Å²) < 4.78 is 0. The maximum atomic E-state index is 3.51. The van der Waals surface area contributed by atoms with Crippen LogP contribution in [0, 0.1) is 33.8 Å². The molecule has 0 spiro atoms. The van der Waals surface area contributed by atoms with E-state index in [1.54, 1.807) is 0 Å². The Morgan fingerprint density at radius 1 is 0.722 bits per heavy atom. The minimum atomic E-state index is 1.26. The summed E-state index contributed by atoms with van der Waals surface area (Å²) in [5.41, 5.74) is 5.33. The van der Waals surface area contributed by atoms with E-state index in [1.807, 2.05) is 23.5 Å². The van der Waals surface area contributed by atoms with Crippen LogP contribution in [0.15, 0.2) is 37.8 Å². The molecule has 0 N–H and O–H groups in total. The van der Waals surface area contributed by atoms with E-state index in [2.05, 4.69) is 52.0 Å². The second-order valence-electron chi connectivity index (χ2n) is 4.86. The maximum Gasteiger partial charge on any atom is 0.0344 e. The average Bonchev–Trinajstić information content (AvgIpc) is 2.31. The van der Waals surface area contributed by atoms with E-state index in [-0.39, 0.29) is 0 Å². The molecule has 1 aliphatic rings. The summed E-state index contributed by atoms with van der Waals surface area (Å²) in [6.07, 6.45) is 0. The van der Waals surface area contributed by atoms with Gasteiger partial charge in [-0.25, -0.2) is 0 Å². The summed E-state index contributed by atoms with van der Waals surface area (Å²) in [6.45, 7) is 8.66. The quantitative estimate of drug-likeness (QED) is 0.541. The van der Waals surface area contributed by atoms with Crippen LogP contribution in [0.2, 0.25) is 0 Å². The highest BCUT2D eigenvalue weighted by molar-refractivity contribution is 8.05. The molecule has 2 heteroatoms. The second kappa shape index (κ2) is 4.36. The van der Waals surface area contributed by atoms with Crippen LogP contribution in [0.5, 0.6) is 0 Å². The van der Waals surface area contributed by atoms with Gasteiger partial charge >= 0.3 is 0 Å². The number of rotatable bonds is 0. The van der Waals surface area contributed by atoms with Gasteiger partial charge in [0, 0.05) is 25.6 Å². The van der Waals surface area contributed by atoms with Crippen LogP contribution in [0.4, 0.5) is 0 Å². The summed E-state index contributed by atoms with van der Waals surface area (Å²) in [5.74, 6) is 0. The van der Waals surface area contributed by atoms with Gasteiger partial charge in [0.15, 0.2) is 0 Å². The fourth-order valence-corrected chi connectivity index (χ4v) is 4.49. The minimum Gasteiger partial charge on any atom is -0.0877 e. The number of hydrogen-bond acceptors (Lipinski definition) is 2. The van der Waals surface area contributed by atoms with Crippen molar-refractivity contribution >= 4 is 23.5 Å². The van der Waals surface area contributed by atoms with Gasteiger partial charge in [0.05, 0.1) is 0 Å². The number of hydrogen-bond donors (Lipinski definition) is 0. The Bertz CT molecular complexity index is 531. The van der Waals surface area contributed by atoms with Crippen molar-refractivity contribution in [2.24, 2.45) is 0 Å². The highest BCUT2D eigenvalue weighted by Crippen LogP contribution is 2.49. The number of benzene rings is 2. The van der Waals surface area contributed by atoms with Gasteiger partial charge in [0.25, 0.3) is 0 Å². The lowest BCUT2D eigenvalue weighted by Gasteiger charge is -2.20. The summed E-state index contributed by atoms with van der Waals surface area (Å²) in [7, 11) is 0. The zero-order chi connectivity index (χ0) is 12.9. The molecule has 91 valence electrons. The molecule has 2 aromatic rings. The van der Waals surface area contributed by atoms with Gasteiger partial charge in [-0.05, 0) is 68.1 Å². The molecule has 18 heavy (non-hydrogen) atoms. The van der Waals surface area contributed by atoms with E-state index in [9.17, 15) is 0 Å². The molecule has 0 bridgehead atoms. The lowest BCUT2D eigenvalue weighted by Crippen LogP contribution is -1.94. The highest BCUT2D eigenvalue weighted by Gasteiger charge is 2.18. The van der Waals surface area contributed by atoms with Crippen LogP contribution in [0.3, 0.4) is 0 Å². The van der Waals surface area contributed by atoms with Gasteiger partial charge < -0.3 is 0 Å². The van der Waals surface area contributed by atoms with Crippen LogP contribution >= 0.6 is 23.5 Å². The van der Waals surface area contributed by atoms with E-state index in [0.717, 1.165) is 0 Å². The summed E-state index contributed by atoms with van der Waals surface area (Å²) >= 11 is 3.73. The first-order valence-electron chi connectivity index (χ1n) is 6.05. The fourth-order valence-electron chi connectivity index (χ4n) is 2.00. The monoisotopic (exact) mass is 271 g/mol. The first-order valence-corrected chi connectivity index (χ1v) is 7.68. The van der Waals surface area contributed by atoms with Crippen molar-refractivity contribution in [1.29, 1.82) is 0 Å². The van der Waals surface area contributed by atoms with Crippen LogP contribution in [0.1, 0.15) is 22.3 Å². The molecule has 3 rings (SSSR count). The minimum absolute atomic E-state index is 1.26. The molecule has 1 radical (unpaired) electrons. The Morgan fingerprint density at radius 3 is 1.94 bits per heavy atom. The highest BCUT2D eigenvalue weighted by atomic mass is 32.2. The van der Waals surface area contributed by atoms with Crippen molar-refractivity contribution in [3.8, 4) is 0 Å². The van der Waals surface area contributed by atoms with Crippen LogP contribution < -0.4 is 0 Å². The van der Waals surface area contributed by atoms with E-state index < -0.39 is 0 Å². The molecule has 1 aliphatic heterocycles. The molecule has 0 aromatic heterocycles. The van der Waals surface area contributed by atoms with E-state index in [1.165, 1.54) is 41.8 Å². The van der Waals surface area contributed by atoms with Gasteiger partial charge in [0.1, 0.15) is 0 Å². The molecular formula is C16H15S2. The Balaban J connectivity index is 2.12. The third kappa shape index (κ3) is 1.98. The van der Waals surface area contributed by atoms with Crippen molar-refractivity contribution in [3.63, 3.8) is 0 Å². The standard InChI is InChI=1S/C16H15S2/c1-9-5-13-14(6-10(9)2)18-16-8-12(4)11(3)7-15(16)17-13/h5-7H,1-4H3. The van der Waals surface area contributed by atoms with E-state index in [4.69, 9.17) is 0 Å². The zero-order valence-corrected chi connectivity index (χ0v) is 12.7. The van der Waals surface area contributed by atoms with Crippen molar-refractivity contribution < 1.29 is 0 Å². The number of fused-ring (bicyclic) bond motifs is 2. The maximum absolute atomic E-state index is 3.51. The predicted octanol–water partition coefficient (Wildman–Crippen LogP) is 5.34. The van der Waals surface area contributed by atoms with E-state index >= 15 is 0 Å². The molecule has 0 amide bonds. The van der Waals surface area contributed by atoms with E-state index in [0.29, 0.717) is 0 Å². The molecule has 0 nitrogen and oxygen atoms in total. The van der Waals surface area contributed by atoms with Gasteiger partial charge in [-0.1, -0.05) is 23.5 Å². The fraction of sp³-hybridized carbons (Fsp3) is 0.250. The lowest BCUT2D eigenvalue weighted by atomic mass is 10.1. The van der Waals surface area contributed by atoms with Gasteiger partial charge in [0.2, 0.25) is 0 Å². The molecule has 0 fully saturated rings. The van der Waals surface area contributed by atoms with Gasteiger partial charge in [-0.2, -0.15) is 0 Å². The molecule has 0 saturated carbocycles. The molecule has 2 aromatic carbocycles. The van der Waals surface area contributed by atoms with Crippen molar-refractivity contribution in [3.05, 3.63) is 46.5 Å². The first-order chi connectivity index (χ1) is 8.54. The third-order valence-corrected chi connectivity index (χ3v) is 5.90. The largest absolute Gasteiger partial charge is 0.0877 e. The molecule has 0 unspecified atom stereocenters. The first kappa shape index (κ1) is 12.2. The molecule has 0 atom stereocenters. The normalized spacial score (nSPS) is 13.1. The van der Waals surface area contributed by atoms with Crippen LogP contribution in [-0.2, 0) is 0 Å². The van der Waals surface area contributed by atoms with Crippen molar-refractivity contribution in [2.45, 2.75) is 47.3 Å². The Hall–Kier alpha value is -0.860. The van der Waals surface area contributed by atoms with Gasteiger partial charge in [-0.3, -0.25) is 0 Å². The van der Waals surface area contributed by atoms with Gasteiger partial charge in [-0.15, -0.1) is 0 Å². The molecule has 0 saturated heterocycles. The topological polar surface area (TPSA) is 0 Å². The Labute approximate surface area is 117 Å². The third-order valence-electron chi connectivity index (χ3n) is 3.46. The summed E-state index contributed by atoms with van der Waals surface area (Å²) in [6, 6.07) is 10.4. The summed E-state index contributed by atoms with van der Waals surface area (Å²) in [4.78, 5) is 5.38. The average molecular weight is 271 g/mol. The Morgan fingerprint density at radius 2 is 1.28 bits per heavy atom. The van der Waals surface area contributed by atoms with Crippen LogP contribution in [-0.4, -0.2) is 0 Å². The van der Waals surface area contributed by atoms with Crippen molar-refractivity contribution in [1.82, 2.24) is 0 Å². The zero-order valence-electron chi connectivity index (χ0n) is 11.0. The molecular weight excluding hydrogens is 256 g/mol. The van der Waals surface area contributed by atoms with Crippen molar-refractivity contribution in [2.75, 3.05) is 0 Å². The Kier molecular flexibility index (Phi) is 2.95. The predicted molar refractivity (Wildman–Crippen MR) is 78.9 cm³/mol. The molecule has 0 aliphatic carbocycles. The van der Waals surface area contributed by atoms with Crippen LogP contribution in [0.25, 0.3) is 0 Å². The number of aryl methyl sites for hydroxylation is 4. The molecule has 1 heterocycles. The smallest absolute Gasteiger partial charge is 0.0344 e. The summed E-state index contributed by atoms with van der Waals surface area (Å²) in [5, 5.41) is 0. The lowest BCUT2D eigenvalue weighted by molar-refractivity contribution is 1.09. The SMILES string of the molecule is Cc1[c]c2c(cc1C)Sc1cc(C)c(C)cc1S2. The second-order valence-corrected chi connectivity index (χ2v) is 6.99.